The van der Waals surface area contributed by atoms with Crippen molar-refractivity contribution in [1.29, 1.82) is 0 Å². The SMILES string of the molecule is COc1ccc(OCC(=O)OCC(=O)c2ccc3c(c2)OCO3)cc1. The molecule has 0 aliphatic carbocycles. The first kappa shape index (κ1) is 16.6. The molecule has 0 radical (unpaired) electrons. The summed E-state index contributed by atoms with van der Waals surface area (Å²) in [4.78, 5) is 23.8. The van der Waals surface area contributed by atoms with E-state index in [1.165, 1.54) is 0 Å². The molecule has 2 aromatic rings. The van der Waals surface area contributed by atoms with Crippen LogP contribution in [0.3, 0.4) is 0 Å². The molecule has 7 heteroatoms. The molecule has 130 valence electrons. The predicted molar refractivity (Wildman–Crippen MR) is 86.3 cm³/mol. The Labute approximate surface area is 144 Å². The number of ether oxygens (including phenoxy) is 5. The maximum absolute atomic E-state index is 12.1. The van der Waals surface area contributed by atoms with E-state index in [4.69, 9.17) is 23.7 Å². The summed E-state index contributed by atoms with van der Waals surface area (Å²) in [6.45, 7) is -0.532. The van der Waals surface area contributed by atoms with E-state index < -0.39 is 5.97 Å². The molecule has 2 aromatic carbocycles. The molecule has 0 saturated heterocycles. The van der Waals surface area contributed by atoms with Gasteiger partial charge in [-0.05, 0) is 42.5 Å². The van der Waals surface area contributed by atoms with Crippen LogP contribution in [0, 0.1) is 0 Å². The van der Waals surface area contributed by atoms with Crippen molar-refractivity contribution in [3.63, 3.8) is 0 Å². The molecule has 0 spiro atoms. The fourth-order valence-corrected chi connectivity index (χ4v) is 2.16. The van der Waals surface area contributed by atoms with Crippen LogP contribution >= 0.6 is 0 Å². The lowest BCUT2D eigenvalue weighted by atomic mass is 10.1. The van der Waals surface area contributed by atoms with Gasteiger partial charge in [-0.3, -0.25) is 4.79 Å². The molecule has 0 fully saturated rings. The van der Waals surface area contributed by atoms with E-state index in [1.807, 2.05) is 0 Å². The fraction of sp³-hybridized carbons (Fsp3) is 0.222. The average Bonchev–Trinajstić information content (AvgIpc) is 3.12. The van der Waals surface area contributed by atoms with Crippen LogP contribution in [0.1, 0.15) is 10.4 Å². The van der Waals surface area contributed by atoms with E-state index >= 15 is 0 Å². The van der Waals surface area contributed by atoms with Crippen molar-refractivity contribution in [1.82, 2.24) is 0 Å². The summed E-state index contributed by atoms with van der Waals surface area (Å²) in [5.41, 5.74) is 0.383. The van der Waals surface area contributed by atoms with Crippen LogP contribution in [-0.2, 0) is 9.53 Å². The zero-order valence-corrected chi connectivity index (χ0v) is 13.5. The molecule has 0 saturated carbocycles. The van der Waals surface area contributed by atoms with Crippen molar-refractivity contribution in [2.45, 2.75) is 0 Å². The van der Waals surface area contributed by atoms with Crippen LogP contribution < -0.4 is 18.9 Å². The molecule has 0 bridgehead atoms. The third-order valence-electron chi connectivity index (χ3n) is 3.47. The highest BCUT2D eigenvalue weighted by atomic mass is 16.7. The van der Waals surface area contributed by atoms with Gasteiger partial charge in [0, 0.05) is 5.56 Å². The summed E-state index contributed by atoms with van der Waals surface area (Å²) in [5, 5.41) is 0. The highest BCUT2D eigenvalue weighted by molar-refractivity contribution is 5.98. The Hall–Kier alpha value is -3.22. The lowest BCUT2D eigenvalue weighted by Crippen LogP contribution is -2.19. The topological polar surface area (TPSA) is 80.3 Å². The van der Waals surface area contributed by atoms with Crippen LogP contribution in [0.5, 0.6) is 23.0 Å². The summed E-state index contributed by atoms with van der Waals surface area (Å²) < 4.78 is 25.6. The molecule has 0 unspecified atom stereocenters. The van der Waals surface area contributed by atoms with Crippen LogP contribution in [0.25, 0.3) is 0 Å². The summed E-state index contributed by atoms with van der Waals surface area (Å²) in [7, 11) is 1.56. The van der Waals surface area contributed by atoms with E-state index in [-0.39, 0.29) is 25.8 Å². The molecule has 3 rings (SSSR count). The minimum absolute atomic E-state index is 0.130. The Morgan fingerprint density at radius 2 is 1.68 bits per heavy atom. The normalized spacial score (nSPS) is 11.7. The van der Waals surface area contributed by atoms with E-state index in [0.29, 0.717) is 28.6 Å². The average molecular weight is 344 g/mol. The molecular formula is C18H16O7. The first-order valence-corrected chi connectivity index (χ1v) is 7.51. The van der Waals surface area contributed by atoms with Gasteiger partial charge < -0.3 is 23.7 Å². The molecular weight excluding hydrogens is 328 g/mol. The van der Waals surface area contributed by atoms with Gasteiger partial charge >= 0.3 is 5.97 Å². The quantitative estimate of drug-likeness (QED) is 0.563. The number of ketones is 1. The predicted octanol–water partition coefficient (Wildman–Crippen LogP) is 2.23. The lowest BCUT2D eigenvalue weighted by Gasteiger charge is -2.07. The fourth-order valence-electron chi connectivity index (χ4n) is 2.16. The van der Waals surface area contributed by atoms with Crippen molar-refractivity contribution in [3.8, 4) is 23.0 Å². The van der Waals surface area contributed by atoms with Crippen molar-refractivity contribution in [3.05, 3.63) is 48.0 Å². The van der Waals surface area contributed by atoms with Crippen molar-refractivity contribution < 1.29 is 33.3 Å². The Kier molecular flexibility index (Phi) is 5.03. The first-order valence-electron chi connectivity index (χ1n) is 7.51. The maximum atomic E-state index is 12.1. The minimum Gasteiger partial charge on any atom is -0.497 e. The van der Waals surface area contributed by atoms with Gasteiger partial charge in [0.05, 0.1) is 7.11 Å². The Bertz CT molecular complexity index is 767. The second-order valence-corrected chi connectivity index (χ2v) is 5.12. The van der Waals surface area contributed by atoms with Gasteiger partial charge in [-0.1, -0.05) is 0 Å². The number of carbonyl (C=O) groups excluding carboxylic acids is 2. The summed E-state index contributed by atoms with van der Waals surface area (Å²) >= 11 is 0. The van der Waals surface area contributed by atoms with E-state index in [9.17, 15) is 9.59 Å². The zero-order valence-electron chi connectivity index (χ0n) is 13.5. The van der Waals surface area contributed by atoms with Crippen LogP contribution in [-0.4, -0.2) is 38.9 Å². The Morgan fingerprint density at radius 1 is 0.960 bits per heavy atom. The summed E-state index contributed by atoms with van der Waals surface area (Å²) in [5.74, 6) is 1.30. The molecule has 0 amide bonds. The number of carbonyl (C=O) groups is 2. The molecule has 1 heterocycles. The molecule has 0 aromatic heterocycles. The van der Waals surface area contributed by atoms with Crippen molar-refractivity contribution >= 4 is 11.8 Å². The third-order valence-corrected chi connectivity index (χ3v) is 3.47. The van der Waals surface area contributed by atoms with Crippen molar-refractivity contribution in [2.75, 3.05) is 27.1 Å². The zero-order chi connectivity index (χ0) is 17.6. The maximum Gasteiger partial charge on any atom is 0.344 e. The molecule has 7 nitrogen and oxygen atoms in total. The number of fused-ring (bicyclic) bond motifs is 1. The van der Waals surface area contributed by atoms with Gasteiger partial charge in [0.1, 0.15) is 11.5 Å². The second kappa shape index (κ2) is 7.57. The molecule has 0 N–H and O–H groups in total. The Morgan fingerprint density at radius 3 is 2.44 bits per heavy atom. The second-order valence-electron chi connectivity index (χ2n) is 5.12. The molecule has 25 heavy (non-hydrogen) atoms. The van der Waals surface area contributed by atoms with E-state index in [0.717, 1.165) is 0 Å². The van der Waals surface area contributed by atoms with Gasteiger partial charge in [-0.15, -0.1) is 0 Å². The van der Waals surface area contributed by atoms with Crippen molar-refractivity contribution in [2.24, 2.45) is 0 Å². The smallest absolute Gasteiger partial charge is 0.344 e. The van der Waals surface area contributed by atoms with Gasteiger partial charge in [0.2, 0.25) is 6.79 Å². The number of esters is 1. The Balaban J connectivity index is 1.46. The van der Waals surface area contributed by atoms with Crippen LogP contribution in [0.4, 0.5) is 0 Å². The van der Waals surface area contributed by atoms with Crippen LogP contribution in [0.15, 0.2) is 42.5 Å². The van der Waals surface area contributed by atoms with Gasteiger partial charge in [-0.2, -0.15) is 0 Å². The van der Waals surface area contributed by atoms with Gasteiger partial charge in [-0.25, -0.2) is 4.79 Å². The molecule has 1 aliphatic rings. The first-order chi connectivity index (χ1) is 12.2. The van der Waals surface area contributed by atoms with Gasteiger partial charge in [0.15, 0.2) is 30.5 Å². The van der Waals surface area contributed by atoms with Crippen LogP contribution in [0.2, 0.25) is 0 Å². The monoisotopic (exact) mass is 344 g/mol. The van der Waals surface area contributed by atoms with E-state index in [2.05, 4.69) is 0 Å². The molecule has 0 atom stereocenters. The number of benzene rings is 2. The molecule has 1 aliphatic heterocycles. The van der Waals surface area contributed by atoms with Gasteiger partial charge in [0.25, 0.3) is 0 Å². The largest absolute Gasteiger partial charge is 0.497 e. The number of rotatable bonds is 7. The highest BCUT2D eigenvalue weighted by Gasteiger charge is 2.17. The number of methoxy groups -OCH3 is 1. The number of Topliss-reactive ketones (excluding diaryl/α,β-unsaturated/α-hetero) is 1. The lowest BCUT2D eigenvalue weighted by molar-refractivity contribution is -0.144. The summed E-state index contributed by atoms with van der Waals surface area (Å²) in [6.07, 6.45) is 0. The van der Waals surface area contributed by atoms with E-state index in [1.54, 1.807) is 49.6 Å². The third kappa shape index (κ3) is 4.20. The number of hydrogen-bond acceptors (Lipinski definition) is 7. The summed E-state index contributed by atoms with van der Waals surface area (Å²) in [6, 6.07) is 11.6. The standard InChI is InChI=1S/C18H16O7/c1-21-13-3-5-14(6-4-13)22-10-18(20)23-9-15(19)12-2-7-16-17(8-12)25-11-24-16/h2-8H,9-11H2,1H3. The highest BCUT2D eigenvalue weighted by Crippen LogP contribution is 2.32. The minimum atomic E-state index is -0.634. The number of hydrogen-bond donors (Lipinski definition) is 0.